The van der Waals surface area contributed by atoms with Crippen molar-refractivity contribution < 1.29 is 4.79 Å². The Bertz CT molecular complexity index is 705. The van der Waals surface area contributed by atoms with E-state index in [1.807, 2.05) is 37.3 Å². The Balaban J connectivity index is 1.81. The highest BCUT2D eigenvalue weighted by atomic mass is 79.9. The molecule has 0 aliphatic carbocycles. The molecule has 2 N–H and O–H groups in total. The van der Waals surface area contributed by atoms with Crippen LogP contribution >= 0.6 is 15.9 Å². The van der Waals surface area contributed by atoms with Crippen molar-refractivity contribution in [3.63, 3.8) is 0 Å². The third-order valence-corrected chi connectivity index (χ3v) is 3.75. The molecule has 0 heterocycles. The van der Waals surface area contributed by atoms with Crippen molar-refractivity contribution >= 4 is 33.2 Å². The molecular weight excluding hydrogens is 342 g/mol. The van der Waals surface area contributed by atoms with Gasteiger partial charge in [-0.1, -0.05) is 6.07 Å². The number of carbonyl (C=O) groups is 1. The summed E-state index contributed by atoms with van der Waals surface area (Å²) in [4.78, 5) is 11.9. The van der Waals surface area contributed by atoms with Crippen molar-refractivity contribution in [2.45, 2.75) is 13.3 Å². The van der Waals surface area contributed by atoms with Crippen molar-refractivity contribution in [3.05, 3.63) is 58.1 Å². The van der Waals surface area contributed by atoms with E-state index >= 15 is 0 Å². The van der Waals surface area contributed by atoms with Gasteiger partial charge in [0, 0.05) is 23.1 Å². The summed E-state index contributed by atoms with van der Waals surface area (Å²) in [5.41, 5.74) is 3.41. The number of nitrogens with zero attached hydrogens (tertiary/aromatic N) is 1. The Morgan fingerprint density at radius 2 is 1.95 bits per heavy atom. The number of nitriles is 1. The van der Waals surface area contributed by atoms with Crippen LogP contribution in [0.5, 0.6) is 0 Å². The van der Waals surface area contributed by atoms with Crippen molar-refractivity contribution in [1.29, 1.82) is 5.26 Å². The summed E-state index contributed by atoms with van der Waals surface area (Å²) in [6.07, 6.45) is 0.361. The van der Waals surface area contributed by atoms with E-state index in [4.69, 9.17) is 5.26 Å². The number of hydrogen-bond donors (Lipinski definition) is 2. The van der Waals surface area contributed by atoms with Crippen LogP contribution in [0.2, 0.25) is 0 Å². The monoisotopic (exact) mass is 357 g/mol. The predicted molar refractivity (Wildman–Crippen MR) is 91.8 cm³/mol. The molecule has 5 heteroatoms. The Hall–Kier alpha value is -2.32. The summed E-state index contributed by atoms with van der Waals surface area (Å²) in [5, 5.41) is 14.8. The van der Waals surface area contributed by atoms with Gasteiger partial charge in [0.05, 0.1) is 17.3 Å². The molecule has 22 heavy (non-hydrogen) atoms. The van der Waals surface area contributed by atoms with E-state index < -0.39 is 0 Å². The van der Waals surface area contributed by atoms with Gasteiger partial charge in [-0.15, -0.1) is 0 Å². The van der Waals surface area contributed by atoms with Crippen LogP contribution in [0.25, 0.3) is 0 Å². The zero-order valence-corrected chi connectivity index (χ0v) is 13.8. The summed E-state index contributed by atoms with van der Waals surface area (Å²) in [6, 6.07) is 15.0. The molecule has 0 saturated heterocycles. The third-order valence-electron chi connectivity index (χ3n) is 3.09. The summed E-state index contributed by atoms with van der Waals surface area (Å²) in [5.74, 6) is -0.0503. The summed E-state index contributed by atoms with van der Waals surface area (Å²) in [6.45, 7) is 2.53. The predicted octanol–water partition coefficient (Wildman–Crippen LogP) is 4.07. The molecule has 4 nitrogen and oxygen atoms in total. The Morgan fingerprint density at radius 3 is 2.59 bits per heavy atom. The number of aryl methyl sites for hydroxylation is 1. The van der Waals surface area contributed by atoms with Gasteiger partial charge in [-0.3, -0.25) is 4.79 Å². The third kappa shape index (κ3) is 4.61. The lowest BCUT2D eigenvalue weighted by Crippen LogP contribution is -2.16. The highest BCUT2D eigenvalue weighted by molar-refractivity contribution is 9.10. The van der Waals surface area contributed by atoms with Crippen molar-refractivity contribution in [2.75, 3.05) is 17.2 Å². The molecule has 112 valence electrons. The highest BCUT2D eigenvalue weighted by Crippen LogP contribution is 2.23. The maximum Gasteiger partial charge on any atom is 0.226 e. The van der Waals surface area contributed by atoms with Gasteiger partial charge in [0.15, 0.2) is 0 Å². The maximum absolute atomic E-state index is 11.9. The van der Waals surface area contributed by atoms with E-state index in [0.29, 0.717) is 18.5 Å². The first-order chi connectivity index (χ1) is 10.6. The van der Waals surface area contributed by atoms with Crippen molar-refractivity contribution in [2.24, 2.45) is 0 Å². The van der Waals surface area contributed by atoms with Crippen LogP contribution in [0.4, 0.5) is 11.4 Å². The van der Waals surface area contributed by atoms with Gasteiger partial charge in [0.25, 0.3) is 0 Å². The van der Waals surface area contributed by atoms with Gasteiger partial charge in [-0.05, 0) is 64.8 Å². The topological polar surface area (TPSA) is 64.9 Å². The van der Waals surface area contributed by atoms with E-state index in [1.54, 1.807) is 12.1 Å². The van der Waals surface area contributed by atoms with Crippen LogP contribution in [0, 0.1) is 18.3 Å². The molecule has 2 aromatic rings. The Morgan fingerprint density at radius 1 is 1.23 bits per heavy atom. The van der Waals surface area contributed by atoms with Crippen LogP contribution in [0.1, 0.15) is 17.5 Å². The van der Waals surface area contributed by atoms with Crippen LogP contribution < -0.4 is 10.6 Å². The van der Waals surface area contributed by atoms with Gasteiger partial charge in [0.2, 0.25) is 5.91 Å². The standard InChI is InChI=1S/C17H16BrN3O/c1-12-2-7-16(15(18)10-12)21-17(22)8-9-20-14-5-3-13(11-19)4-6-14/h2-7,10,20H,8-9H2,1H3,(H,21,22). The van der Waals surface area contributed by atoms with Gasteiger partial charge in [-0.25, -0.2) is 0 Å². The Labute approximate surface area is 138 Å². The average Bonchev–Trinajstić information content (AvgIpc) is 2.51. The molecule has 0 spiro atoms. The fraction of sp³-hybridized carbons (Fsp3) is 0.176. The molecule has 0 unspecified atom stereocenters. The minimum Gasteiger partial charge on any atom is -0.385 e. The molecule has 0 atom stereocenters. The number of nitrogens with one attached hydrogen (secondary N) is 2. The molecular formula is C17H16BrN3O. The molecule has 0 radical (unpaired) electrons. The number of rotatable bonds is 5. The highest BCUT2D eigenvalue weighted by Gasteiger charge is 2.05. The zero-order valence-electron chi connectivity index (χ0n) is 12.2. The van der Waals surface area contributed by atoms with Gasteiger partial charge < -0.3 is 10.6 Å². The number of carbonyl (C=O) groups excluding carboxylic acids is 1. The number of anilines is 2. The van der Waals surface area contributed by atoms with Crippen molar-refractivity contribution in [1.82, 2.24) is 0 Å². The number of benzene rings is 2. The molecule has 2 rings (SSSR count). The van der Waals surface area contributed by atoms with E-state index in [9.17, 15) is 4.79 Å². The maximum atomic E-state index is 11.9. The second-order valence-corrected chi connectivity index (χ2v) is 5.75. The molecule has 0 bridgehead atoms. The second-order valence-electron chi connectivity index (χ2n) is 4.90. The fourth-order valence-corrected chi connectivity index (χ4v) is 2.51. The minimum absolute atomic E-state index is 0.0503. The van der Waals surface area contributed by atoms with Crippen LogP contribution in [-0.4, -0.2) is 12.5 Å². The number of amides is 1. The number of hydrogen-bond acceptors (Lipinski definition) is 3. The van der Waals surface area contributed by atoms with Gasteiger partial charge in [0.1, 0.15) is 0 Å². The quantitative estimate of drug-likeness (QED) is 0.847. The normalized spacial score (nSPS) is 9.86. The molecule has 0 aromatic heterocycles. The van der Waals surface area contributed by atoms with E-state index in [0.717, 1.165) is 21.4 Å². The molecule has 2 aromatic carbocycles. The SMILES string of the molecule is Cc1ccc(NC(=O)CCNc2ccc(C#N)cc2)c(Br)c1. The molecule has 0 aliphatic rings. The van der Waals surface area contributed by atoms with E-state index in [1.165, 1.54) is 0 Å². The summed E-state index contributed by atoms with van der Waals surface area (Å²) < 4.78 is 0.876. The van der Waals surface area contributed by atoms with Crippen molar-refractivity contribution in [3.8, 4) is 6.07 Å². The van der Waals surface area contributed by atoms with Crippen LogP contribution in [0.15, 0.2) is 46.9 Å². The van der Waals surface area contributed by atoms with E-state index in [2.05, 4.69) is 32.6 Å². The van der Waals surface area contributed by atoms with Crippen LogP contribution in [-0.2, 0) is 4.79 Å². The molecule has 1 amide bonds. The van der Waals surface area contributed by atoms with Crippen LogP contribution in [0.3, 0.4) is 0 Å². The summed E-state index contributed by atoms with van der Waals surface area (Å²) >= 11 is 3.44. The molecule has 0 fully saturated rings. The number of halogens is 1. The summed E-state index contributed by atoms with van der Waals surface area (Å²) in [7, 11) is 0. The fourth-order valence-electron chi connectivity index (χ4n) is 1.92. The lowest BCUT2D eigenvalue weighted by atomic mass is 10.2. The van der Waals surface area contributed by atoms with Gasteiger partial charge in [-0.2, -0.15) is 5.26 Å². The Kier molecular flexibility index (Phi) is 5.56. The second kappa shape index (κ2) is 7.62. The largest absolute Gasteiger partial charge is 0.385 e. The first-order valence-corrected chi connectivity index (χ1v) is 7.68. The average molecular weight is 358 g/mol. The zero-order chi connectivity index (χ0) is 15.9. The smallest absolute Gasteiger partial charge is 0.226 e. The first-order valence-electron chi connectivity index (χ1n) is 6.88. The minimum atomic E-state index is -0.0503. The van der Waals surface area contributed by atoms with Gasteiger partial charge >= 0.3 is 0 Å². The molecule has 0 saturated carbocycles. The lowest BCUT2D eigenvalue weighted by Gasteiger charge is -2.09. The molecule has 0 aliphatic heterocycles. The van der Waals surface area contributed by atoms with E-state index in [-0.39, 0.29) is 5.91 Å². The first kappa shape index (κ1) is 16.1. The lowest BCUT2D eigenvalue weighted by molar-refractivity contribution is -0.115.